The van der Waals surface area contributed by atoms with Crippen molar-refractivity contribution in [3.63, 3.8) is 0 Å². The summed E-state index contributed by atoms with van der Waals surface area (Å²) in [5, 5.41) is 16.3. The van der Waals surface area contributed by atoms with E-state index in [1.807, 2.05) is 60.7 Å². The van der Waals surface area contributed by atoms with Gasteiger partial charge in [-0.2, -0.15) is 0 Å². The van der Waals surface area contributed by atoms with Crippen molar-refractivity contribution >= 4 is 28.1 Å². The zero-order valence-electron chi connectivity index (χ0n) is 13.8. The summed E-state index contributed by atoms with van der Waals surface area (Å²) < 4.78 is 0. The number of carbonyl (C=O) groups is 1. The van der Waals surface area contributed by atoms with Gasteiger partial charge in [0.1, 0.15) is 5.01 Å². The first kappa shape index (κ1) is 16.4. The Labute approximate surface area is 154 Å². The first-order valence-electron chi connectivity index (χ1n) is 8.23. The van der Waals surface area contributed by atoms with E-state index >= 15 is 0 Å². The normalized spacial score (nSPS) is 16.0. The third kappa shape index (κ3) is 3.78. The molecule has 1 aliphatic heterocycles. The highest BCUT2D eigenvalue weighted by Gasteiger charge is 2.29. The summed E-state index contributed by atoms with van der Waals surface area (Å²) in [6.45, 7) is 0. The maximum atomic E-state index is 12.4. The summed E-state index contributed by atoms with van der Waals surface area (Å²) in [6, 6.07) is 19.7. The molecule has 0 unspecified atom stereocenters. The van der Waals surface area contributed by atoms with Gasteiger partial charge < -0.3 is 4.84 Å². The van der Waals surface area contributed by atoms with Gasteiger partial charge in [-0.1, -0.05) is 77.2 Å². The van der Waals surface area contributed by atoms with E-state index in [-0.39, 0.29) is 5.91 Å². The van der Waals surface area contributed by atoms with Crippen LogP contribution in [0.2, 0.25) is 0 Å². The van der Waals surface area contributed by atoms with Crippen LogP contribution in [0.25, 0.3) is 0 Å². The lowest BCUT2D eigenvalue weighted by Gasteiger charge is -2.06. The summed E-state index contributed by atoms with van der Waals surface area (Å²) in [5.41, 5.74) is 2.89. The van der Waals surface area contributed by atoms with Crippen LogP contribution >= 0.6 is 11.3 Å². The zero-order chi connectivity index (χ0) is 17.8. The fraction of sp³-hybridized carbons (Fsp3) is 0.158. The van der Waals surface area contributed by atoms with E-state index in [9.17, 15) is 4.79 Å². The minimum Gasteiger partial charge on any atom is -0.382 e. The fourth-order valence-electron chi connectivity index (χ4n) is 2.65. The van der Waals surface area contributed by atoms with Crippen LogP contribution in [0, 0.1) is 0 Å². The Morgan fingerprint density at radius 1 is 1.08 bits per heavy atom. The van der Waals surface area contributed by atoms with Gasteiger partial charge >= 0.3 is 0 Å². The van der Waals surface area contributed by atoms with Crippen molar-refractivity contribution in [3.05, 3.63) is 76.8 Å². The molecule has 3 aromatic rings. The number of amides is 1. The van der Waals surface area contributed by atoms with Crippen molar-refractivity contribution in [1.82, 2.24) is 10.2 Å². The van der Waals surface area contributed by atoms with Gasteiger partial charge in [0, 0.05) is 12.8 Å². The van der Waals surface area contributed by atoms with Crippen molar-refractivity contribution in [3.8, 4) is 0 Å². The first-order chi connectivity index (χ1) is 12.8. The van der Waals surface area contributed by atoms with Crippen LogP contribution in [0.15, 0.2) is 65.8 Å². The van der Waals surface area contributed by atoms with Crippen LogP contribution in [0.5, 0.6) is 0 Å². The molecule has 1 atom stereocenters. The molecule has 6 nitrogen and oxygen atoms in total. The van der Waals surface area contributed by atoms with Crippen LogP contribution in [-0.4, -0.2) is 27.9 Å². The van der Waals surface area contributed by atoms with Gasteiger partial charge in [-0.05, 0) is 11.1 Å². The van der Waals surface area contributed by atoms with Crippen LogP contribution in [0.4, 0.5) is 5.13 Å². The van der Waals surface area contributed by atoms with Crippen LogP contribution < -0.4 is 5.32 Å². The second kappa shape index (κ2) is 7.45. The number of nitrogens with one attached hydrogen (secondary N) is 1. The number of rotatable bonds is 5. The standard InChI is InChI=1S/C19H16N4O2S/c24-18(16-12-15(23-25-16)14-9-5-2-6-10-14)20-19-22-21-17(26-19)11-13-7-3-1-4-8-13/h1-10,16H,11-12H2,(H,20,22,24)/t16-/m1/s1. The van der Waals surface area contributed by atoms with E-state index in [1.165, 1.54) is 11.3 Å². The largest absolute Gasteiger partial charge is 0.382 e. The Balaban J connectivity index is 1.35. The Bertz CT molecular complexity index is 925. The van der Waals surface area contributed by atoms with Crippen LogP contribution in [0.1, 0.15) is 22.6 Å². The van der Waals surface area contributed by atoms with Gasteiger partial charge in [0.15, 0.2) is 0 Å². The van der Waals surface area contributed by atoms with Crippen LogP contribution in [-0.2, 0) is 16.1 Å². The van der Waals surface area contributed by atoms with Gasteiger partial charge in [-0.3, -0.25) is 10.1 Å². The molecule has 0 bridgehead atoms. The lowest BCUT2D eigenvalue weighted by molar-refractivity contribution is -0.125. The Morgan fingerprint density at radius 3 is 2.58 bits per heavy atom. The maximum absolute atomic E-state index is 12.4. The number of carbonyl (C=O) groups excluding carboxylic acids is 1. The molecule has 1 N–H and O–H groups in total. The van der Waals surface area contributed by atoms with Crippen LogP contribution in [0.3, 0.4) is 0 Å². The summed E-state index contributed by atoms with van der Waals surface area (Å²) in [7, 11) is 0. The summed E-state index contributed by atoms with van der Waals surface area (Å²) >= 11 is 1.36. The summed E-state index contributed by atoms with van der Waals surface area (Å²) in [4.78, 5) is 17.7. The molecular weight excluding hydrogens is 348 g/mol. The molecule has 0 spiro atoms. The molecule has 7 heteroatoms. The fourth-order valence-corrected chi connectivity index (χ4v) is 3.43. The maximum Gasteiger partial charge on any atom is 0.270 e. The predicted octanol–water partition coefficient (Wildman–Crippen LogP) is 3.26. The monoisotopic (exact) mass is 364 g/mol. The zero-order valence-corrected chi connectivity index (χ0v) is 14.6. The van der Waals surface area contributed by atoms with Gasteiger partial charge in [0.25, 0.3) is 5.91 Å². The molecule has 0 saturated heterocycles. The molecule has 130 valence electrons. The number of benzene rings is 2. The van der Waals surface area contributed by atoms with Gasteiger partial charge in [0.05, 0.1) is 5.71 Å². The third-order valence-electron chi connectivity index (χ3n) is 3.96. The minimum atomic E-state index is -0.647. The van der Waals surface area contributed by atoms with E-state index < -0.39 is 6.10 Å². The quantitative estimate of drug-likeness (QED) is 0.754. The topological polar surface area (TPSA) is 76.5 Å². The Hall–Kier alpha value is -3.06. The Morgan fingerprint density at radius 2 is 1.81 bits per heavy atom. The van der Waals surface area contributed by atoms with Crippen molar-refractivity contribution in [2.45, 2.75) is 18.9 Å². The summed E-state index contributed by atoms with van der Waals surface area (Å²) in [5.74, 6) is -0.262. The second-order valence-corrected chi connectivity index (χ2v) is 6.92. The Kier molecular flexibility index (Phi) is 4.70. The highest BCUT2D eigenvalue weighted by atomic mass is 32.1. The molecule has 4 rings (SSSR count). The van der Waals surface area contributed by atoms with Gasteiger partial charge in [-0.25, -0.2) is 0 Å². The number of oxime groups is 1. The number of hydrogen-bond donors (Lipinski definition) is 1. The molecular formula is C19H16N4O2S. The molecule has 0 aliphatic carbocycles. The molecule has 1 aromatic heterocycles. The van der Waals surface area contributed by atoms with Gasteiger partial charge in [0.2, 0.25) is 11.2 Å². The van der Waals surface area contributed by atoms with Gasteiger partial charge in [-0.15, -0.1) is 10.2 Å². The SMILES string of the molecule is O=C(Nc1nnc(Cc2ccccc2)s1)[C@H]1CC(c2ccccc2)=NO1. The predicted molar refractivity (Wildman–Crippen MR) is 100 cm³/mol. The smallest absolute Gasteiger partial charge is 0.270 e. The van der Waals surface area contributed by atoms with Crippen molar-refractivity contribution in [1.29, 1.82) is 0 Å². The van der Waals surface area contributed by atoms with E-state index in [1.54, 1.807) is 0 Å². The van der Waals surface area contributed by atoms with Crippen molar-refractivity contribution < 1.29 is 9.63 Å². The highest BCUT2D eigenvalue weighted by Crippen LogP contribution is 2.21. The second-order valence-electron chi connectivity index (χ2n) is 5.85. The average molecular weight is 364 g/mol. The van der Waals surface area contributed by atoms with Crippen molar-refractivity contribution in [2.24, 2.45) is 5.16 Å². The highest BCUT2D eigenvalue weighted by molar-refractivity contribution is 7.15. The lowest BCUT2D eigenvalue weighted by atomic mass is 10.1. The molecule has 0 fully saturated rings. The number of anilines is 1. The molecule has 2 heterocycles. The average Bonchev–Trinajstić information content (AvgIpc) is 3.33. The molecule has 1 amide bonds. The van der Waals surface area contributed by atoms with E-state index in [2.05, 4.69) is 20.7 Å². The van der Waals surface area contributed by atoms with E-state index in [4.69, 9.17) is 4.84 Å². The van der Waals surface area contributed by atoms with E-state index in [0.717, 1.165) is 21.8 Å². The minimum absolute atomic E-state index is 0.262. The first-order valence-corrected chi connectivity index (χ1v) is 9.05. The molecule has 1 aliphatic rings. The number of aromatic nitrogens is 2. The molecule has 2 aromatic carbocycles. The molecule has 26 heavy (non-hydrogen) atoms. The molecule has 0 saturated carbocycles. The van der Waals surface area contributed by atoms with E-state index in [0.29, 0.717) is 18.0 Å². The van der Waals surface area contributed by atoms with Crippen molar-refractivity contribution in [2.75, 3.05) is 5.32 Å². The number of hydrogen-bond acceptors (Lipinski definition) is 6. The summed E-state index contributed by atoms with van der Waals surface area (Å²) in [6.07, 6.45) is 0.479. The third-order valence-corrected chi connectivity index (χ3v) is 4.80. The molecule has 0 radical (unpaired) electrons. The lowest BCUT2D eigenvalue weighted by Crippen LogP contribution is -2.28. The number of nitrogens with zero attached hydrogens (tertiary/aromatic N) is 3.